The summed E-state index contributed by atoms with van der Waals surface area (Å²) in [6.45, 7) is 4.64. The topological polar surface area (TPSA) is 33.0 Å². The second-order valence-corrected chi connectivity index (χ2v) is 3.12. The Hall–Kier alpha value is -0.260. The molecule has 0 rings (SSSR count). The molecule has 0 fully saturated rings. The molecule has 0 unspecified atom stereocenters. The van der Waals surface area contributed by atoms with Gasteiger partial charge in [-0.1, -0.05) is 0 Å². The van der Waals surface area contributed by atoms with Crippen molar-refractivity contribution in [1.82, 2.24) is 0 Å². The highest BCUT2D eigenvalue weighted by Gasteiger charge is 2.15. The first-order chi connectivity index (χ1) is 4.62. The predicted molar refractivity (Wildman–Crippen MR) is 40.9 cm³/mol. The Morgan fingerprint density at radius 1 is 1.60 bits per heavy atom. The van der Waals surface area contributed by atoms with E-state index < -0.39 is 0 Å². The molecule has 2 nitrogen and oxygen atoms in total. The summed E-state index contributed by atoms with van der Waals surface area (Å²) in [4.78, 5) is 0. The molecule has 0 heterocycles. The van der Waals surface area contributed by atoms with E-state index in [0.717, 1.165) is 0 Å². The summed E-state index contributed by atoms with van der Waals surface area (Å²) in [5, 5.41) is 8.53. The zero-order valence-electron chi connectivity index (χ0n) is 6.35. The SMILES string of the molecule is CC(C)(C#N)COCCCl. The van der Waals surface area contributed by atoms with Crippen LogP contribution in [0.3, 0.4) is 0 Å². The maximum Gasteiger partial charge on any atom is 0.0750 e. The molecule has 0 aliphatic heterocycles. The minimum atomic E-state index is -0.383. The largest absolute Gasteiger partial charge is 0.379 e. The number of hydrogen-bond donors (Lipinski definition) is 0. The Morgan fingerprint density at radius 3 is 2.60 bits per heavy atom. The van der Waals surface area contributed by atoms with E-state index in [1.807, 2.05) is 13.8 Å². The van der Waals surface area contributed by atoms with Gasteiger partial charge in [-0.15, -0.1) is 11.6 Å². The summed E-state index contributed by atoms with van der Waals surface area (Å²) < 4.78 is 5.08. The van der Waals surface area contributed by atoms with Crippen LogP contribution in [0.1, 0.15) is 13.8 Å². The molecule has 0 amide bonds. The second kappa shape index (κ2) is 4.54. The van der Waals surface area contributed by atoms with Gasteiger partial charge in [0.05, 0.1) is 24.7 Å². The standard InChI is InChI=1S/C7H12ClNO/c1-7(2,5-9)6-10-4-3-8/h3-4,6H2,1-2H3. The Kier molecular flexibility index (Phi) is 4.42. The van der Waals surface area contributed by atoms with Gasteiger partial charge in [-0.3, -0.25) is 0 Å². The minimum Gasteiger partial charge on any atom is -0.379 e. The average Bonchev–Trinajstić information content (AvgIpc) is 1.89. The fourth-order valence-electron chi connectivity index (χ4n) is 0.414. The molecule has 0 aromatic heterocycles. The predicted octanol–water partition coefficient (Wildman–Crippen LogP) is 1.79. The lowest BCUT2D eigenvalue weighted by atomic mass is 9.98. The zero-order valence-corrected chi connectivity index (χ0v) is 7.11. The van der Waals surface area contributed by atoms with Crippen LogP contribution in [0.2, 0.25) is 0 Å². The van der Waals surface area contributed by atoms with Gasteiger partial charge in [0.25, 0.3) is 0 Å². The van der Waals surface area contributed by atoms with Crippen molar-refractivity contribution in [2.45, 2.75) is 13.8 Å². The number of ether oxygens (including phenoxy) is 1. The van der Waals surface area contributed by atoms with Gasteiger partial charge in [-0.05, 0) is 13.8 Å². The molecule has 0 aromatic carbocycles. The van der Waals surface area contributed by atoms with Crippen molar-refractivity contribution >= 4 is 11.6 Å². The van der Waals surface area contributed by atoms with E-state index in [9.17, 15) is 0 Å². The van der Waals surface area contributed by atoms with Crippen LogP contribution in [0.15, 0.2) is 0 Å². The maximum atomic E-state index is 8.53. The molecule has 3 heteroatoms. The maximum absolute atomic E-state index is 8.53. The van der Waals surface area contributed by atoms with Crippen molar-refractivity contribution in [2.24, 2.45) is 5.41 Å². The third-order valence-electron chi connectivity index (χ3n) is 0.987. The van der Waals surface area contributed by atoms with E-state index in [1.54, 1.807) is 0 Å². The van der Waals surface area contributed by atoms with Gasteiger partial charge in [0, 0.05) is 5.88 Å². The van der Waals surface area contributed by atoms with Crippen molar-refractivity contribution in [3.63, 3.8) is 0 Å². The van der Waals surface area contributed by atoms with Crippen molar-refractivity contribution < 1.29 is 4.74 Å². The van der Waals surface area contributed by atoms with Crippen LogP contribution in [-0.4, -0.2) is 19.1 Å². The van der Waals surface area contributed by atoms with Crippen LogP contribution in [0.25, 0.3) is 0 Å². The second-order valence-electron chi connectivity index (χ2n) is 2.74. The lowest BCUT2D eigenvalue weighted by Crippen LogP contribution is -2.17. The van der Waals surface area contributed by atoms with Crippen molar-refractivity contribution in [1.29, 1.82) is 5.26 Å². The Labute approximate surface area is 66.7 Å². The molecular weight excluding hydrogens is 150 g/mol. The molecular formula is C7H12ClNO. The number of nitriles is 1. The average molecular weight is 162 g/mol. The summed E-state index contributed by atoms with van der Waals surface area (Å²) >= 11 is 5.37. The first-order valence-electron chi connectivity index (χ1n) is 3.17. The molecule has 0 radical (unpaired) electrons. The zero-order chi connectivity index (χ0) is 8.04. The highest BCUT2D eigenvalue weighted by atomic mass is 35.5. The third-order valence-corrected chi connectivity index (χ3v) is 1.14. The highest BCUT2D eigenvalue weighted by molar-refractivity contribution is 6.17. The molecule has 0 aliphatic rings. The molecule has 10 heavy (non-hydrogen) atoms. The lowest BCUT2D eigenvalue weighted by Gasteiger charge is -2.13. The first-order valence-corrected chi connectivity index (χ1v) is 3.71. The van der Waals surface area contributed by atoms with E-state index in [1.165, 1.54) is 0 Å². The summed E-state index contributed by atoms with van der Waals surface area (Å²) in [7, 11) is 0. The highest BCUT2D eigenvalue weighted by Crippen LogP contribution is 2.12. The smallest absolute Gasteiger partial charge is 0.0750 e. The Bertz CT molecular complexity index is 128. The summed E-state index contributed by atoms with van der Waals surface area (Å²) in [5.41, 5.74) is -0.383. The molecule has 0 bridgehead atoms. The quantitative estimate of drug-likeness (QED) is 0.465. The first kappa shape index (κ1) is 9.74. The van der Waals surface area contributed by atoms with E-state index in [0.29, 0.717) is 19.1 Å². The fraction of sp³-hybridized carbons (Fsp3) is 0.857. The van der Waals surface area contributed by atoms with E-state index in [-0.39, 0.29) is 5.41 Å². The molecule has 0 saturated heterocycles. The van der Waals surface area contributed by atoms with Gasteiger partial charge in [-0.25, -0.2) is 0 Å². The van der Waals surface area contributed by atoms with Crippen LogP contribution in [0.4, 0.5) is 0 Å². The van der Waals surface area contributed by atoms with Crippen LogP contribution < -0.4 is 0 Å². The van der Waals surface area contributed by atoms with Gasteiger partial charge in [0.1, 0.15) is 0 Å². The Morgan fingerprint density at radius 2 is 2.20 bits per heavy atom. The van der Waals surface area contributed by atoms with E-state index >= 15 is 0 Å². The molecule has 0 aliphatic carbocycles. The fourth-order valence-corrected chi connectivity index (χ4v) is 0.523. The van der Waals surface area contributed by atoms with Gasteiger partial charge in [0.2, 0.25) is 0 Å². The third kappa shape index (κ3) is 4.60. The molecule has 0 aromatic rings. The van der Waals surface area contributed by atoms with Crippen LogP contribution in [0.5, 0.6) is 0 Å². The van der Waals surface area contributed by atoms with Crippen molar-refractivity contribution in [2.75, 3.05) is 19.1 Å². The lowest BCUT2D eigenvalue weighted by molar-refractivity contribution is 0.0981. The monoisotopic (exact) mass is 161 g/mol. The number of alkyl halides is 1. The molecule has 0 spiro atoms. The normalized spacial score (nSPS) is 11.0. The van der Waals surface area contributed by atoms with Crippen molar-refractivity contribution in [3.05, 3.63) is 0 Å². The number of hydrogen-bond acceptors (Lipinski definition) is 2. The van der Waals surface area contributed by atoms with Crippen LogP contribution >= 0.6 is 11.6 Å². The Balaban J connectivity index is 3.40. The van der Waals surface area contributed by atoms with Crippen LogP contribution in [0, 0.1) is 16.7 Å². The number of halogens is 1. The molecule has 0 saturated carbocycles. The summed E-state index contributed by atoms with van der Waals surface area (Å²) in [6, 6.07) is 2.13. The molecule has 0 N–H and O–H groups in total. The molecule has 58 valence electrons. The summed E-state index contributed by atoms with van der Waals surface area (Å²) in [5.74, 6) is 0.488. The van der Waals surface area contributed by atoms with E-state index in [2.05, 4.69) is 6.07 Å². The van der Waals surface area contributed by atoms with Gasteiger partial charge in [0.15, 0.2) is 0 Å². The van der Waals surface area contributed by atoms with Gasteiger partial charge in [-0.2, -0.15) is 5.26 Å². The number of rotatable bonds is 4. The minimum absolute atomic E-state index is 0.383. The molecule has 0 atom stereocenters. The summed E-state index contributed by atoms with van der Waals surface area (Å²) in [6.07, 6.45) is 0. The van der Waals surface area contributed by atoms with Crippen LogP contribution in [-0.2, 0) is 4.74 Å². The van der Waals surface area contributed by atoms with Gasteiger partial charge >= 0.3 is 0 Å². The van der Waals surface area contributed by atoms with Crippen molar-refractivity contribution in [3.8, 4) is 6.07 Å². The van der Waals surface area contributed by atoms with Gasteiger partial charge < -0.3 is 4.74 Å². The van der Waals surface area contributed by atoms with E-state index in [4.69, 9.17) is 21.6 Å². The number of nitrogens with zero attached hydrogens (tertiary/aromatic N) is 1.